The Morgan fingerprint density at radius 2 is 2.03 bits per heavy atom. The quantitative estimate of drug-likeness (QED) is 0.593. The summed E-state index contributed by atoms with van der Waals surface area (Å²) in [6.07, 6.45) is 10.7. The summed E-state index contributed by atoms with van der Waals surface area (Å²) >= 11 is 0. The Balaban J connectivity index is 1.41. The highest BCUT2D eigenvalue weighted by Crippen LogP contribution is 2.19. The van der Waals surface area contributed by atoms with Gasteiger partial charge < -0.3 is 19.4 Å². The fourth-order valence-electron chi connectivity index (χ4n) is 4.58. The maximum atomic E-state index is 13.2. The van der Waals surface area contributed by atoms with Crippen molar-refractivity contribution in [2.24, 2.45) is 5.92 Å². The summed E-state index contributed by atoms with van der Waals surface area (Å²) in [5, 5.41) is 0. The van der Waals surface area contributed by atoms with Crippen LogP contribution in [0.1, 0.15) is 49.7 Å². The number of rotatable bonds is 10. The van der Waals surface area contributed by atoms with Gasteiger partial charge in [-0.3, -0.25) is 14.7 Å². The summed E-state index contributed by atoms with van der Waals surface area (Å²) in [7, 11) is 0. The molecule has 2 aromatic heterocycles. The van der Waals surface area contributed by atoms with Gasteiger partial charge in [-0.25, -0.2) is 4.98 Å². The lowest BCUT2D eigenvalue weighted by Crippen LogP contribution is -2.42. The highest BCUT2D eigenvalue weighted by molar-refractivity contribution is 5.78. The van der Waals surface area contributed by atoms with Gasteiger partial charge in [0, 0.05) is 70.1 Å². The normalized spacial score (nSPS) is 20.8. The van der Waals surface area contributed by atoms with Crippen molar-refractivity contribution >= 4 is 5.91 Å². The lowest BCUT2D eigenvalue weighted by Gasteiger charge is -2.30. The van der Waals surface area contributed by atoms with Crippen LogP contribution in [0.3, 0.4) is 0 Å². The van der Waals surface area contributed by atoms with Gasteiger partial charge in [-0.05, 0) is 42.9 Å². The van der Waals surface area contributed by atoms with E-state index in [1.807, 2.05) is 23.2 Å². The number of pyridine rings is 1. The van der Waals surface area contributed by atoms with E-state index in [0.29, 0.717) is 38.7 Å². The summed E-state index contributed by atoms with van der Waals surface area (Å²) in [6.45, 7) is 7.49. The molecule has 4 heterocycles. The van der Waals surface area contributed by atoms with Crippen molar-refractivity contribution in [3.05, 3.63) is 47.8 Å². The van der Waals surface area contributed by atoms with Gasteiger partial charge in [-0.15, -0.1) is 0 Å². The molecule has 1 amide bonds. The molecule has 2 fully saturated rings. The predicted molar refractivity (Wildman–Crippen MR) is 125 cm³/mol. The number of nitrogens with one attached hydrogen (secondary N) is 1. The third-order valence-corrected chi connectivity index (χ3v) is 6.49. The van der Waals surface area contributed by atoms with Crippen LogP contribution >= 0.6 is 0 Å². The van der Waals surface area contributed by atoms with Crippen molar-refractivity contribution in [1.82, 2.24) is 24.8 Å². The number of aryl methyl sites for hydroxylation is 1. The summed E-state index contributed by atoms with van der Waals surface area (Å²) in [5.74, 6) is 1.71. The molecule has 2 aromatic rings. The van der Waals surface area contributed by atoms with Crippen molar-refractivity contribution in [2.75, 3.05) is 39.4 Å². The molecular weight excluding hydrogens is 418 g/mol. The largest absolute Gasteiger partial charge is 0.381 e. The number of aromatic nitrogens is 3. The van der Waals surface area contributed by atoms with E-state index in [4.69, 9.17) is 9.47 Å². The maximum Gasteiger partial charge on any atom is 0.236 e. The summed E-state index contributed by atoms with van der Waals surface area (Å²) in [4.78, 5) is 29.5. The van der Waals surface area contributed by atoms with Gasteiger partial charge in [0.05, 0.1) is 19.3 Å². The van der Waals surface area contributed by atoms with E-state index >= 15 is 0 Å². The molecule has 2 aliphatic heterocycles. The molecule has 2 saturated heterocycles. The molecule has 8 nitrogen and oxygen atoms in total. The van der Waals surface area contributed by atoms with Crippen LogP contribution in [0, 0.1) is 5.92 Å². The van der Waals surface area contributed by atoms with Gasteiger partial charge in [0.1, 0.15) is 5.82 Å². The Bertz CT molecular complexity index is 853. The van der Waals surface area contributed by atoms with Gasteiger partial charge in [0.25, 0.3) is 0 Å². The van der Waals surface area contributed by atoms with Crippen molar-refractivity contribution in [2.45, 2.75) is 58.3 Å². The van der Waals surface area contributed by atoms with Crippen LogP contribution in [0.4, 0.5) is 0 Å². The van der Waals surface area contributed by atoms with Crippen LogP contribution < -0.4 is 0 Å². The average Bonchev–Trinajstić information content (AvgIpc) is 3.23. The second kappa shape index (κ2) is 12.3. The molecule has 0 saturated carbocycles. The van der Waals surface area contributed by atoms with Crippen molar-refractivity contribution in [3.8, 4) is 0 Å². The molecule has 1 atom stereocenters. The molecule has 0 bridgehead atoms. The van der Waals surface area contributed by atoms with E-state index in [2.05, 4.69) is 26.8 Å². The second-order valence-electron chi connectivity index (χ2n) is 9.27. The van der Waals surface area contributed by atoms with E-state index in [9.17, 15) is 4.79 Å². The molecule has 0 unspecified atom stereocenters. The molecular formula is C25H37N5O3. The van der Waals surface area contributed by atoms with Gasteiger partial charge in [-0.1, -0.05) is 13.3 Å². The highest BCUT2D eigenvalue weighted by atomic mass is 16.5. The zero-order valence-corrected chi connectivity index (χ0v) is 19.7. The maximum absolute atomic E-state index is 13.2. The van der Waals surface area contributed by atoms with E-state index in [-0.39, 0.29) is 12.0 Å². The molecule has 1 N–H and O–H groups in total. The number of nitrogens with zero attached hydrogens (tertiary/aromatic N) is 4. The number of imidazole rings is 1. The minimum Gasteiger partial charge on any atom is -0.381 e. The Hall–Kier alpha value is -2.29. The summed E-state index contributed by atoms with van der Waals surface area (Å²) < 4.78 is 11.8. The lowest BCUT2D eigenvalue weighted by atomic mass is 9.99. The zero-order valence-electron chi connectivity index (χ0n) is 19.7. The first-order valence-electron chi connectivity index (χ1n) is 12.3. The third-order valence-electron chi connectivity index (χ3n) is 6.49. The number of carbonyl (C=O) groups is 1. The fourth-order valence-corrected chi connectivity index (χ4v) is 4.58. The Kier molecular flexibility index (Phi) is 8.86. The topological polar surface area (TPSA) is 83.6 Å². The zero-order chi connectivity index (χ0) is 22.9. The molecule has 8 heteroatoms. The molecule has 0 radical (unpaired) electrons. The van der Waals surface area contributed by atoms with Crippen LogP contribution in [0.2, 0.25) is 0 Å². The first kappa shape index (κ1) is 23.9. The average molecular weight is 456 g/mol. The number of ether oxygens (including phenoxy) is 2. The van der Waals surface area contributed by atoms with Crippen LogP contribution in [0.15, 0.2) is 30.7 Å². The van der Waals surface area contributed by atoms with E-state index in [1.54, 1.807) is 12.4 Å². The molecule has 0 aromatic carbocycles. The van der Waals surface area contributed by atoms with E-state index in [0.717, 1.165) is 68.9 Å². The van der Waals surface area contributed by atoms with Gasteiger partial charge >= 0.3 is 0 Å². The number of hydrogen-bond acceptors (Lipinski definition) is 6. The number of aromatic amines is 1. The van der Waals surface area contributed by atoms with E-state index in [1.165, 1.54) is 0 Å². The molecule has 4 rings (SSSR count). The minimum absolute atomic E-state index is 0.0491. The first-order chi connectivity index (χ1) is 16.2. The Morgan fingerprint density at radius 1 is 1.21 bits per heavy atom. The molecule has 0 spiro atoms. The predicted octanol–water partition coefficient (Wildman–Crippen LogP) is 2.80. The fraction of sp³-hybridized carbons (Fsp3) is 0.640. The Morgan fingerprint density at radius 3 is 2.82 bits per heavy atom. The highest BCUT2D eigenvalue weighted by Gasteiger charge is 2.30. The van der Waals surface area contributed by atoms with Crippen LogP contribution in [-0.2, 0) is 33.8 Å². The SMILES string of the molecule is CCCCc1ncc(CN2CC(=O)N(CC3CCOCC3)C[C@@H](OCc3ccncc3)C2)[nH]1. The second-order valence-corrected chi connectivity index (χ2v) is 9.27. The lowest BCUT2D eigenvalue weighted by molar-refractivity contribution is -0.133. The van der Waals surface area contributed by atoms with Crippen LogP contribution in [-0.4, -0.2) is 76.2 Å². The number of unbranched alkanes of at least 4 members (excludes halogenated alkanes) is 1. The van der Waals surface area contributed by atoms with Crippen molar-refractivity contribution in [1.29, 1.82) is 0 Å². The molecule has 33 heavy (non-hydrogen) atoms. The number of amides is 1. The van der Waals surface area contributed by atoms with Crippen molar-refractivity contribution in [3.63, 3.8) is 0 Å². The minimum atomic E-state index is -0.0491. The number of H-pyrrole nitrogens is 1. The summed E-state index contributed by atoms with van der Waals surface area (Å²) in [6, 6.07) is 3.95. The standard InChI is InChI=1S/C25H37N5O3/c1-2-3-4-24-27-13-22(28-24)15-29-16-23(33-19-21-5-9-26-10-6-21)17-30(25(31)18-29)14-20-7-11-32-12-8-20/h5-6,9-10,13,20,23H,2-4,7-8,11-12,14-19H2,1H3,(H,27,28)/t23-/m0/s1. The third kappa shape index (κ3) is 7.35. The number of hydrogen-bond donors (Lipinski definition) is 1. The monoisotopic (exact) mass is 455 g/mol. The van der Waals surface area contributed by atoms with E-state index < -0.39 is 0 Å². The van der Waals surface area contributed by atoms with Crippen LogP contribution in [0.25, 0.3) is 0 Å². The molecule has 180 valence electrons. The van der Waals surface area contributed by atoms with Crippen molar-refractivity contribution < 1.29 is 14.3 Å². The van der Waals surface area contributed by atoms with Gasteiger partial charge in [-0.2, -0.15) is 0 Å². The molecule has 0 aliphatic carbocycles. The Labute approximate surface area is 196 Å². The summed E-state index contributed by atoms with van der Waals surface area (Å²) in [5.41, 5.74) is 2.15. The van der Waals surface area contributed by atoms with Gasteiger partial charge in [0.15, 0.2) is 0 Å². The smallest absolute Gasteiger partial charge is 0.236 e. The van der Waals surface area contributed by atoms with Gasteiger partial charge in [0.2, 0.25) is 5.91 Å². The first-order valence-corrected chi connectivity index (χ1v) is 12.3. The number of carbonyl (C=O) groups excluding carboxylic acids is 1. The van der Waals surface area contributed by atoms with Crippen LogP contribution in [0.5, 0.6) is 0 Å². The molecule has 2 aliphatic rings.